The van der Waals surface area contributed by atoms with Gasteiger partial charge in [-0.2, -0.15) is 0 Å². The number of nitrogens with one attached hydrogen (secondary N) is 2. The molecular weight excluding hydrogens is 371 g/mol. The number of carbonyl (C=O) groups excluding carboxylic acids is 1. The lowest BCUT2D eigenvalue weighted by atomic mass is 10.2. The van der Waals surface area contributed by atoms with Gasteiger partial charge in [0.1, 0.15) is 5.82 Å². The van der Waals surface area contributed by atoms with Crippen molar-refractivity contribution in [1.29, 1.82) is 0 Å². The minimum absolute atomic E-state index is 0.0624. The summed E-state index contributed by atoms with van der Waals surface area (Å²) >= 11 is 0. The second kappa shape index (κ2) is 9.48. The van der Waals surface area contributed by atoms with Crippen LogP contribution in [0.15, 0.2) is 53.4 Å². The van der Waals surface area contributed by atoms with Crippen molar-refractivity contribution >= 4 is 21.6 Å². The monoisotopic (exact) mass is 394 g/mol. The van der Waals surface area contributed by atoms with E-state index in [4.69, 9.17) is 4.74 Å². The molecular formula is C19H23FN2O4S. The topological polar surface area (TPSA) is 84.5 Å². The summed E-state index contributed by atoms with van der Waals surface area (Å²) in [5.74, 6) is -0.968. The zero-order valence-corrected chi connectivity index (χ0v) is 16.1. The van der Waals surface area contributed by atoms with Crippen LogP contribution in [-0.2, 0) is 14.8 Å². The second-order valence-electron chi connectivity index (χ2n) is 6.14. The summed E-state index contributed by atoms with van der Waals surface area (Å²) in [5.41, 5.74) is 0.201. The third-order valence-electron chi connectivity index (χ3n) is 3.60. The molecule has 2 aromatic carbocycles. The standard InChI is InChI=1S/C19H23FN2O4S/c1-14(2)26-13-5-12-21-19(23)15-8-10-16(11-9-15)27(24,25)22-18-7-4-3-6-17(18)20/h3-4,6-11,14,22H,5,12-13H2,1-2H3,(H,21,23). The minimum Gasteiger partial charge on any atom is -0.379 e. The summed E-state index contributed by atoms with van der Waals surface area (Å²) in [6, 6.07) is 10.9. The van der Waals surface area contributed by atoms with Crippen LogP contribution in [0.1, 0.15) is 30.6 Å². The normalized spacial score (nSPS) is 11.4. The van der Waals surface area contributed by atoms with Gasteiger partial charge in [-0.1, -0.05) is 12.1 Å². The van der Waals surface area contributed by atoms with Crippen molar-refractivity contribution in [2.24, 2.45) is 0 Å². The molecule has 2 N–H and O–H groups in total. The number of carbonyl (C=O) groups is 1. The third kappa shape index (κ3) is 6.33. The molecule has 0 radical (unpaired) electrons. The average Bonchev–Trinajstić information content (AvgIpc) is 2.63. The molecule has 0 aliphatic rings. The van der Waals surface area contributed by atoms with Crippen LogP contribution in [0.4, 0.5) is 10.1 Å². The van der Waals surface area contributed by atoms with Gasteiger partial charge in [0.05, 0.1) is 16.7 Å². The quantitative estimate of drug-likeness (QED) is 0.640. The highest BCUT2D eigenvalue weighted by Crippen LogP contribution is 2.19. The molecule has 0 bridgehead atoms. The number of anilines is 1. The summed E-state index contributed by atoms with van der Waals surface area (Å²) in [5, 5.41) is 2.74. The summed E-state index contributed by atoms with van der Waals surface area (Å²) in [4.78, 5) is 12.0. The third-order valence-corrected chi connectivity index (χ3v) is 4.98. The van der Waals surface area contributed by atoms with E-state index in [0.717, 1.165) is 6.07 Å². The smallest absolute Gasteiger partial charge is 0.261 e. The lowest BCUT2D eigenvalue weighted by molar-refractivity contribution is 0.0757. The molecule has 0 aromatic heterocycles. The van der Waals surface area contributed by atoms with Gasteiger partial charge in [-0.15, -0.1) is 0 Å². The van der Waals surface area contributed by atoms with Crippen molar-refractivity contribution in [2.75, 3.05) is 17.9 Å². The molecule has 0 atom stereocenters. The first-order valence-electron chi connectivity index (χ1n) is 8.57. The number of halogens is 1. The predicted molar refractivity (Wildman–Crippen MR) is 102 cm³/mol. The summed E-state index contributed by atoms with van der Waals surface area (Å²) in [6.07, 6.45) is 0.830. The Balaban J connectivity index is 1.95. The number of amides is 1. The maximum atomic E-state index is 13.6. The molecule has 1 amide bonds. The van der Waals surface area contributed by atoms with Crippen LogP contribution in [0.3, 0.4) is 0 Å². The highest BCUT2D eigenvalue weighted by atomic mass is 32.2. The van der Waals surface area contributed by atoms with Crippen LogP contribution < -0.4 is 10.0 Å². The fourth-order valence-electron chi connectivity index (χ4n) is 2.23. The summed E-state index contributed by atoms with van der Waals surface area (Å²) in [6.45, 7) is 4.89. The number of rotatable bonds is 9. The van der Waals surface area contributed by atoms with E-state index in [1.807, 2.05) is 13.8 Å². The van der Waals surface area contributed by atoms with Crippen molar-refractivity contribution in [1.82, 2.24) is 5.32 Å². The zero-order valence-electron chi connectivity index (χ0n) is 15.2. The molecule has 27 heavy (non-hydrogen) atoms. The van der Waals surface area contributed by atoms with Gasteiger partial charge in [0.15, 0.2) is 0 Å². The van der Waals surface area contributed by atoms with Crippen LogP contribution in [0, 0.1) is 5.82 Å². The molecule has 0 spiro atoms. The SMILES string of the molecule is CC(C)OCCCNC(=O)c1ccc(S(=O)(=O)Nc2ccccc2F)cc1. The lowest BCUT2D eigenvalue weighted by Gasteiger charge is -2.10. The predicted octanol–water partition coefficient (Wildman–Crippen LogP) is 3.17. The van der Waals surface area contributed by atoms with E-state index < -0.39 is 15.8 Å². The van der Waals surface area contributed by atoms with E-state index in [2.05, 4.69) is 10.0 Å². The van der Waals surface area contributed by atoms with Crippen LogP contribution in [0.2, 0.25) is 0 Å². The van der Waals surface area contributed by atoms with Gasteiger partial charge in [-0.25, -0.2) is 12.8 Å². The Morgan fingerprint density at radius 3 is 2.41 bits per heavy atom. The Kier molecular flexibility index (Phi) is 7.32. The Morgan fingerprint density at radius 1 is 1.11 bits per heavy atom. The zero-order chi connectivity index (χ0) is 19.9. The van der Waals surface area contributed by atoms with E-state index >= 15 is 0 Å². The maximum absolute atomic E-state index is 13.6. The molecule has 0 saturated heterocycles. The second-order valence-corrected chi connectivity index (χ2v) is 7.82. The van der Waals surface area contributed by atoms with E-state index in [-0.39, 0.29) is 22.6 Å². The van der Waals surface area contributed by atoms with Crippen molar-refractivity contribution < 1.29 is 22.3 Å². The number of benzene rings is 2. The molecule has 2 rings (SSSR count). The highest BCUT2D eigenvalue weighted by molar-refractivity contribution is 7.92. The number of para-hydroxylation sites is 1. The Morgan fingerprint density at radius 2 is 1.78 bits per heavy atom. The molecule has 0 saturated carbocycles. The van der Waals surface area contributed by atoms with Crippen LogP contribution in [0.25, 0.3) is 0 Å². The summed E-state index contributed by atoms with van der Waals surface area (Å²) in [7, 11) is -3.95. The van der Waals surface area contributed by atoms with Crippen molar-refractivity contribution in [2.45, 2.75) is 31.3 Å². The first-order valence-corrected chi connectivity index (χ1v) is 10.0. The number of sulfonamides is 1. The number of hydrogen-bond acceptors (Lipinski definition) is 4. The fraction of sp³-hybridized carbons (Fsp3) is 0.316. The molecule has 6 nitrogen and oxygen atoms in total. The van der Waals surface area contributed by atoms with Gasteiger partial charge in [-0.05, 0) is 56.7 Å². The molecule has 8 heteroatoms. The highest BCUT2D eigenvalue weighted by Gasteiger charge is 2.16. The van der Waals surface area contributed by atoms with Gasteiger partial charge in [-0.3, -0.25) is 9.52 Å². The minimum atomic E-state index is -3.95. The van der Waals surface area contributed by atoms with Crippen LogP contribution in [-0.4, -0.2) is 33.6 Å². The van der Waals surface area contributed by atoms with Gasteiger partial charge < -0.3 is 10.1 Å². The van der Waals surface area contributed by atoms with E-state index in [1.54, 1.807) is 0 Å². The average molecular weight is 394 g/mol. The van der Waals surface area contributed by atoms with E-state index in [0.29, 0.717) is 25.1 Å². The van der Waals surface area contributed by atoms with Crippen LogP contribution >= 0.6 is 0 Å². The number of hydrogen-bond donors (Lipinski definition) is 2. The van der Waals surface area contributed by atoms with Gasteiger partial charge in [0.2, 0.25) is 0 Å². The molecule has 0 fully saturated rings. The van der Waals surface area contributed by atoms with Gasteiger partial charge in [0, 0.05) is 18.7 Å². The number of ether oxygens (including phenoxy) is 1. The van der Waals surface area contributed by atoms with Crippen molar-refractivity contribution in [3.63, 3.8) is 0 Å². The van der Waals surface area contributed by atoms with Gasteiger partial charge in [0.25, 0.3) is 15.9 Å². The van der Waals surface area contributed by atoms with Crippen molar-refractivity contribution in [3.8, 4) is 0 Å². The van der Waals surface area contributed by atoms with E-state index in [1.165, 1.54) is 42.5 Å². The first-order chi connectivity index (χ1) is 12.8. The maximum Gasteiger partial charge on any atom is 0.261 e. The largest absolute Gasteiger partial charge is 0.379 e. The molecule has 0 unspecified atom stereocenters. The Hall–Kier alpha value is -2.45. The van der Waals surface area contributed by atoms with Crippen LogP contribution in [0.5, 0.6) is 0 Å². The van der Waals surface area contributed by atoms with Crippen molar-refractivity contribution in [3.05, 3.63) is 59.9 Å². The fourth-order valence-corrected chi connectivity index (χ4v) is 3.30. The Bertz CT molecular complexity index is 868. The van der Waals surface area contributed by atoms with E-state index in [9.17, 15) is 17.6 Å². The molecule has 2 aromatic rings. The lowest BCUT2D eigenvalue weighted by Crippen LogP contribution is -2.25. The molecule has 146 valence electrons. The Labute approximate surface area is 158 Å². The molecule has 0 aliphatic heterocycles. The first kappa shape index (κ1) is 20.9. The molecule has 0 heterocycles. The van der Waals surface area contributed by atoms with Gasteiger partial charge >= 0.3 is 0 Å². The summed E-state index contributed by atoms with van der Waals surface area (Å²) < 4.78 is 45.9. The molecule has 0 aliphatic carbocycles.